The number of amides is 2. The number of carboxylic acids is 1. The van der Waals surface area contributed by atoms with E-state index in [0.29, 0.717) is 52.8 Å². The first-order valence-electron chi connectivity index (χ1n) is 22.1. The molecule has 4 aromatic carbocycles. The van der Waals surface area contributed by atoms with E-state index in [0.717, 1.165) is 69.7 Å². The largest absolute Gasteiger partial charge is 0.508 e. The van der Waals surface area contributed by atoms with Crippen LogP contribution in [0.4, 0.5) is 0 Å². The summed E-state index contributed by atoms with van der Waals surface area (Å²) in [6.45, 7) is 14.9. The summed E-state index contributed by atoms with van der Waals surface area (Å²) in [4.78, 5) is 58.1. The van der Waals surface area contributed by atoms with Crippen LogP contribution in [0.3, 0.4) is 0 Å². The highest BCUT2D eigenvalue weighted by molar-refractivity contribution is 6.09. The van der Waals surface area contributed by atoms with Crippen molar-refractivity contribution in [2.75, 3.05) is 39.3 Å². The smallest absolute Gasteiger partial charge is 0.336 e. The van der Waals surface area contributed by atoms with Gasteiger partial charge < -0.3 is 40.0 Å². The standard InChI is InChI=1S/C49H50N4O9.C2H6/c1-29(2)39-24-41(43(57)25-42(39)56)48(59)53-27-32-7-6-30(20-33(32)28-53)26-52-18-16-51(17-19-52)15-5-3-4-14-50-47(58)31-8-11-36(49(60)61)40(21-31)46-37-12-9-34(54)22-44(37)62-45-23-35(55)10-13-38(45)46;1-2/h6-13,20-25,29,54,56-57H,3-5,14-19,26-28H2,1-2H3,(H,50,58)(H,60,61);1-2H3. The van der Waals surface area contributed by atoms with Crippen molar-refractivity contribution in [3.8, 4) is 39.7 Å². The topological polar surface area (TPSA) is 184 Å². The minimum absolute atomic E-state index is 0.00630. The lowest BCUT2D eigenvalue weighted by Crippen LogP contribution is -2.46. The minimum atomic E-state index is -1.17. The predicted octanol–water partition coefficient (Wildman–Crippen LogP) is 8.40. The van der Waals surface area contributed by atoms with Crippen LogP contribution in [0.5, 0.6) is 17.2 Å². The molecule has 0 atom stereocenters. The van der Waals surface area contributed by atoms with Gasteiger partial charge in [0.1, 0.15) is 28.6 Å². The molecule has 4 aliphatic rings. The number of hydrogen-bond donors (Lipinski definition) is 5. The monoisotopic (exact) mass is 868 g/mol. The number of nitrogens with zero attached hydrogens (tertiary/aromatic N) is 3. The number of phenolic OH excluding ortho intramolecular Hbond substituents is 3. The second-order valence-corrected chi connectivity index (χ2v) is 16.7. The Balaban J connectivity index is 0.00000302. The average Bonchev–Trinajstić information content (AvgIpc) is 3.71. The zero-order valence-electron chi connectivity index (χ0n) is 36.8. The van der Waals surface area contributed by atoms with Crippen LogP contribution in [0.2, 0.25) is 0 Å². The van der Waals surface area contributed by atoms with Crippen LogP contribution in [0.15, 0.2) is 94.1 Å². The van der Waals surface area contributed by atoms with E-state index < -0.39 is 5.97 Å². The van der Waals surface area contributed by atoms with Gasteiger partial charge in [-0.3, -0.25) is 19.3 Å². The van der Waals surface area contributed by atoms with Crippen LogP contribution in [0.25, 0.3) is 33.4 Å². The average molecular weight is 869 g/mol. The SMILES string of the molecule is CC.CC(C)c1cc(C(=O)N2Cc3ccc(CN4CCN(CCCCCNC(=O)c5ccc(C(=O)O)c(-c6c7ccc(=O)cc-7oc7cc(O)ccc67)c5)CC4)cc3C2)c(O)cc1O. The van der Waals surface area contributed by atoms with Gasteiger partial charge in [0.25, 0.3) is 11.8 Å². The van der Waals surface area contributed by atoms with Crippen LogP contribution < -0.4 is 10.7 Å². The fourth-order valence-corrected chi connectivity index (χ4v) is 8.69. The molecule has 3 heterocycles. The van der Waals surface area contributed by atoms with Crippen LogP contribution >= 0.6 is 0 Å². The second-order valence-electron chi connectivity index (χ2n) is 16.7. The van der Waals surface area contributed by atoms with Crippen molar-refractivity contribution >= 4 is 28.8 Å². The van der Waals surface area contributed by atoms with Gasteiger partial charge in [-0.2, -0.15) is 0 Å². The van der Waals surface area contributed by atoms with Gasteiger partial charge in [0.05, 0.1) is 11.1 Å². The van der Waals surface area contributed by atoms with Gasteiger partial charge >= 0.3 is 5.97 Å². The molecule has 64 heavy (non-hydrogen) atoms. The maximum atomic E-state index is 13.4. The number of hydrogen-bond acceptors (Lipinski definition) is 10. The van der Waals surface area contributed by atoms with Gasteiger partial charge in [0.2, 0.25) is 0 Å². The number of benzene rings is 5. The van der Waals surface area contributed by atoms with Crippen molar-refractivity contribution in [1.29, 1.82) is 0 Å². The zero-order valence-corrected chi connectivity index (χ0v) is 36.8. The summed E-state index contributed by atoms with van der Waals surface area (Å²) >= 11 is 0. The molecule has 5 N–H and O–H groups in total. The highest BCUT2D eigenvalue weighted by Gasteiger charge is 2.28. The molecule has 0 unspecified atom stereocenters. The fraction of sp³-hybridized carbons (Fsp3) is 0.333. The summed E-state index contributed by atoms with van der Waals surface area (Å²) in [5.74, 6) is -1.79. The molecule has 1 fully saturated rings. The van der Waals surface area contributed by atoms with Gasteiger partial charge in [-0.25, -0.2) is 4.79 Å². The first kappa shape index (κ1) is 45.3. The number of piperazine rings is 1. The van der Waals surface area contributed by atoms with Gasteiger partial charge in [-0.15, -0.1) is 0 Å². The Kier molecular flexibility index (Phi) is 14.0. The van der Waals surface area contributed by atoms with Crippen LogP contribution in [0, 0.1) is 0 Å². The van der Waals surface area contributed by atoms with E-state index in [-0.39, 0.29) is 62.9 Å². The number of rotatable bonds is 13. The Labute approximate surface area is 372 Å². The second kappa shape index (κ2) is 19.8. The van der Waals surface area contributed by atoms with E-state index in [1.807, 2.05) is 27.7 Å². The number of carbonyl (C=O) groups is 3. The molecule has 0 bridgehead atoms. The van der Waals surface area contributed by atoms with Gasteiger partial charge in [-0.05, 0) is 102 Å². The molecule has 0 aromatic heterocycles. The molecule has 0 saturated carbocycles. The lowest BCUT2D eigenvalue weighted by atomic mass is 9.89. The third kappa shape index (κ3) is 9.91. The maximum Gasteiger partial charge on any atom is 0.336 e. The number of nitrogens with one attached hydrogen (secondary N) is 1. The number of unbranched alkanes of at least 4 members (excludes halogenated alkanes) is 2. The molecule has 3 aliphatic heterocycles. The van der Waals surface area contributed by atoms with Crippen molar-refractivity contribution in [2.24, 2.45) is 0 Å². The Morgan fingerprint density at radius 1 is 0.734 bits per heavy atom. The lowest BCUT2D eigenvalue weighted by molar-refractivity contribution is 0.0695. The third-order valence-corrected chi connectivity index (χ3v) is 12.0. The van der Waals surface area contributed by atoms with E-state index in [1.54, 1.807) is 29.2 Å². The number of fused-ring (bicyclic) bond motifs is 3. The van der Waals surface area contributed by atoms with E-state index >= 15 is 0 Å². The van der Waals surface area contributed by atoms with E-state index in [2.05, 4.69) is 33.3 Å². The first-order valence-corrected chi connectivity index (χ1v) is 22.1. The minimum Gasteiger partial charge on any atom is -0.508 e. The molecular weight excluding hydrogens is 813 g/mol. The Morgan fingerprint density at radius 3 is 2.23 bits per heavy atom. The fourth-order valence-electron chi connectivity index (χ4n) is 8.69. The number of aromatic hydroxyl groups is 3. The molecule has 13 nitrogen and oxygen atoms in total. The van der Waals surface area contributed by atoms with Crippen LogP contribution in [0.1, 0.15) is 106 Å². The summed E-state index contributed by atoms with van der Waals surface area (Å²) in [6, 6.07) is 22.5. The molecule has 0 radical (unpaired) electrons. The summed E-state index contributed by atoms with van der Waals surface area (Å²) in [7, 11) is 0. The highest BCUT2D eigenvalue weighted by Crippen LogP contribution is 2.42. The normalized spacial score (nSPS) is 14.1. The third-order valence-electron chi connectivity index (χ3n) is 12.0. The lowest BCUT2D eigenvalue weighted by Gasteiger charge is -2.34. The summed E-state index contributed by atoms with van der Waals surface area (Å²) in [5.41, 5.74) is 5.79. The van der Waals surface area contributed by atoms with Crippen molar-refractivity contribution < 1.29 is 39.2 Å². The summed E-state index contributed by atoms with van der Waals surface area (Å²) in [6.07, 6.45) is 2.72. The van der Waals surface area contributed by atoms with Gasteiger partial charge in [0.15, 0.2) is 5.43 Å². The van der Waals surface area contributed by atoms with Crippen molar-refractivity contribution in [3.63, 3.8) is 0 Å². The Morgan fingerprint density at radius 2 is 1.48 bits per heavy atom. The van der Waals surface area contributed by atoms with Crippen LogP contribution in [-0.2, 0) is 19.6 Å². The molecule has 1 saturated heterocycles. The molecular formula is C51H56N4O9. The van der Waals surface area contributed by atoms with Crippen molar-refractivity contribution in [1.82, 2.24) is 20.0 Å². The zero-order chi connectivity index (χ0) is 45.7. The first-order chi connectivity index (χ1) is 30.8. The van der Waals surface area contributed by atoms with Crippen LogP contribution in [-0.4, -0.2) is 92.2 Å². The highest BCUT2D eigenvalue weighted by atomic mass is 16.4. The number of phenols is 3. The van der Waals surface area contributed by atoms with Crippen molar-refractivity contribution in [2.45, 2.75) is 72.5 Å². The molecule has 2 amide bonds. The molecule has 4 aromatic rings. The Bertz CT molecular complexity index is 2720. The molecule has 334 valence electrons. The van der Waals surface area contributed by atoms with E-state index in [1.165, 1.54) is 48.0 Å². The number of aromatic carboxylic acids is 1. The molecule has 0 spiro atoms. The van der Waals surface area contributed by atoms with Crippen molar-refractivity contribution in [3.05, 3.63) is 134 Å². The predicted molar refractivity (Wildman–Crippen MR) is 246 cm³/mol. The van der Waals surface area contributed by atoms with E-state index in [4.69, 9.17) is 4.42 Å². The maximum absolute atomic E-state index is 13.4. The molecule has 13 heteroatoms. The summed E-state index contributed by atoms with van der Waals surface area (Å²) in [5, 5.41) is 44.5. The quantitative estimate of drug-likeness (QED) is 0.0555. The van der Waals surface area contributed by atoms with Gasteiger partial charge in [-0.1, -0.05) is 52.3 Å². The number of carboxylic acid groups (broad SMARTS) is 1. The van der Waals surface area contributed by atoms with E-state index in [9.17, 15) is 39.6 Å². The molecule has 8 rings (SSSR count). The Hall–Kier alpha value is -6.70. The number of carbonyl (C=O) groups excluding carboxylic acids is 2. The summed E-state index contributed by atoms with van der Waals surface area (Å²) < 4.78 is 5.93. The molecule has 1 aliphatic carbocycles. The van der Waals surface area contributed by atoms with Gasteiger partial charge in [0, 0.05) is 92.6 Å².